The van der Waals surface area contributed by atoms with E-state index in [-0.39, 0.29) is 11.0 Å². The van der Waals surface area contributed by atoms with E-state index in [2.05, 4.69) is 134 Å². The number of nitriles is 1. The van der Waals surface area contributed by atoms with Gasteiger partial charge in [0.15, 0.2) is 0 Å². The zero-order valence-electron chi connectivity index (χ0n) is 25.8. The number of hydrogen-bond donors (Lipinski definition) is 0. The summed E-state index contributed by atoms with van der Waals surface area (Å²) in [6, 6.07) is 46.9. The highest BCUT2D eigenvalue weighted by Crippen LogP contribution is 2.61. The lowest BCUT2D eigenvalue weighted by molar-refractivity contribution is 0.195. The second kappa shape index (κ2) is 9.43. The Morgan fingerprint density at radius 1 is 0.622 bits per heavy atom. The lowest BCUT2D eigenvalue weighted by Gasteiger charge is -2.50. The van der Waals surface area contributed by atoms with Gasteiger partial charge in [-0.3, -0.25) is 0 Å². The SMILES string of the molecule is CC12CCCCC1(C)N(c1ccc(C#N)cc1)c1ccc(-c3ccc4ccc5c(-c6ccccc6)ccc6ccc3c4c65)cc12. The molecule has 2 unspecified atom stereocenters. The van der Waals surface area contributed by atoms with Crippen LogP contribution >= 0.6 is 0 Å². The number of rotatable bonds is 3. The summed E-state index contributed by atoms with van der Waals surface area (Å²) in [5.74, 6) is 0. The predicted molar refractivity (Wildman–Crippen MR) is 189 cm³/mol. The van der Waals surface area contributed by atoms with Gasteiger partial charge in [0.1, 0.15) is 0 Å². The Labute approximate surface area is 264 Å². The predicted octanol–water partition coefficient (Wildman–Crippen LogP) is 11.5. The minimum Gasteiger partial charge on any atom is -0.334 e. The molecule has 1 heterocycles. The molecule has 2 atom stereocenters. The molecule has 0 radical (unpaired) electrons. The quantitative estimate of drug-likeness (QED) is 0.195. The van der Waals surface area contributed by atoms with Crippen LogP contribution in [0.25, 0.3) is 54.6 Å². The molecule has 1 aliphatic heterocycles. The molecule has 216 valence electrons. The van der Waals surface area contributed by atoms with Crippen LogP contribution in [0.2, 0.25) is 0 Å². The van der Waals surface area contributed by atoms with Gasteiger partial charge in [0, 0.05) is 16.8 Å². The molecule has 0 aromatic heterocycles. The van der Waals surface area contributed by atoms with Gasteiger partial charge < -0.3 is 4.90 Å². The Morgan fingerprint density at radius 3 is 1.91 bits per heavy atom. The molecule has 2 aliphatic rings. The molecule has 9 rings (SSSR count). The Hall–Kier alpha value is -5.13. The standard InChI is InChI=1S/C43H34N2/c1-42-24-6-7-25-43(42,2)45(33-17-10-28(27-44)11-18-33)39-23-16-32(26-38(39)42)35-20-13-31-14-21-36-34(29-8-4-3-5-9-29)19-12-30-15-22-37(35)41(31)40(30)36/h3-5,8-23,26H,6-7,24-25H2,1-2H3. The summed E-state index contributed by atoms with van der Waals surface area (Å²) in [6.07, 6.45) is 4.81. The van der Waals surface area contributed by atoms with Crippen molar-refractivity contribution >= 4 is 43.7 Å². The first-order valence-electron chi connectivity index (χ1n) is 16.2. The third kappa shape index (κ3) is 3.56. The van der Waals surface area contributed by atoms with Gasteiger partial charge in [-0.25, -0.2) is 0 Å². The molecule has 0 spiro atoms. The van der Waals surface area contributed by atoms with E-state index < -0.39 is 0 Å². The Kier molecular flexibility index (Phi) is 5.51. The van der Waals surface area contributed by atoms with Crippen LogP contribution in [0.4, 0.5) is 11.4 Å². The van der Waals surface area contributed by atoms with Crippen molar-refractivity contribution in [3.63, 3.8) is 0 Å². The maximum absolute atomic E-state index is 9.44. The first-order chi connectivity index (χ1) is 22.0. The zero-order valence-corrected chi connectivity index (χ0v) is 25.8. The topological polar surface area (TPSA) is 27.0 Å². The third-order valence-electron chi connectivity index (χ3n) is 11.4. The zero-order chi connectivity index (χ0) is 30.3. The first kappa shape index (κ1) is 26.3. The lowest BCUT2D eigenvalue weighted by atomic mass is 9.61. The van der Waals surface area contributed by atoms with Crippen molar-refractivity contribution in [2.75, 3.05) is 4.90 Å². The van der Waals surface area contributed by atoms with E-state index in [4.69, 9.17) is 0 Å². The molecular weight excluding hydrogens is 544 g/mol. The van der Waals surface area contributed by atoms with Crippen molar-refractivity contribution in [2.45, 2.75) is 50.5 Å². The van der Waals surface area contributed by atoms with E-state index in [1.54, 1.807) is 0 Å². The molecular formula is C43H34N2. The van der Waals surface area contributed by atoms with Crippen LogP contribution in [0.1, 0.15) is 50.7 Å². The summed E-state index contributed by atoms with van der Waals surface area (Å²) in [4.78, 5) is 2.58. The number of nitrogens with zero attached hydrogens (tertiary/aromatic N) is 2. The summed E-state index contributed by atoms with van der Waals surface area (Å²) in [5, 5.41) is 17.4. The van der Waals surface area contributed by atoms with Gasteiger partial charge >= 0.3 is 0 Å². The molecule has 1 aliphatic carbocycles. The first-order valence-corrected chi connectivity index (χ1v) is 16.2. The highest BCUT2D eigenvalue weighted by atomic mass is 15.3. The van der Waals surface area contributed by atoms with Crippen LogP contribution in [0, 0.1) is 11.3 Å². The smallest absolute Gasteiger partial charge is 0.0991 e. The van der Waals surface area contributed by atoms with Crippen LogP contribution in [0.5, 0.6) is 0 Å². The third-order valence-corrected chi connectivity index (χ3v) is 11.4. The average Bonchev–Trinajstić information content (AvgIpc) is 3.30. The fourth-order valence-electron chi connectivity index (χ4n) is 8.91. The van der Waals surface area contributed by atoms with Crippen LogP contribution < -0.4 is 4.90 Å². The van der Waals surface area contributed by atoms with Crippen molar-refractivity contribution < 1.29 is 0 Å². The van der Waals surface area contributed by atoms with Crippen molar-refractivity contribution in [3.05, 3.63) is 132 Å². The molecule has 45 heavy (non-hydrogen) atoms. The van der Waals surface area contributed by atoms with Crippen molar-refractivity contribution in [2.24, 2.45) is 0 Å². The summed E-state index contributed by atoms with van der Waals surface area (Å²) in [7, 11) is 0. The summed E-state index contributed by atoms with van der Waals surface area (Å²) < 4.78 is 0. The molecule has 0 amide bonds. The normalized spacial score (nSPS) is 20.9. The maximum atomic E-state index is 9.44. The molecule has 1 fully saturated rings. The monoisotopic (exact) mass is 578 g/mol. The van der Waals surface area contributed by atoms with Gasteiger partial charge in [0.2, 0.25) is 0 Å². The van der Waals surface area contributed by atoms with Crippen LogP contribution in [0.3, 0.4) is 0 Å². The number of hydrogen-bond acceptors (Lipinski definition) is 2. The highest BCUT2D eigenvalue weighted by Gasteiger charge is 2.57. The Morgan fingerprint density at radius 2 is 1.24 bits per heavy atom. The van der Waals surface area contributed by atoms with Gasteiger partial charge in [-0.05, 0) is 116 Å². The molecule has 2 heteroatoms. The molecule has 0 N–H and O–H groups in total. The van der Waals surface area contributed by atoms with Crippen molar-refractivity contribution in [1.82, 2.24) is 0 Å². The van der Waals surface area contributed by atoms with Crippen molar-refractivity contribution in [1.29, 1.82) is 5.26 Å². The van der Waals surface area contributed by atoms with Crippen LogP contribution in [0.15, 0.2) is 121 Å². The van der Waals surface area contributed by atoms with E-state index in [1.165, 1.54) is 90.8 Å². The molecule has 0 saturated heterocycles. The summed E-state index contributed by atoms with van der Waals surface area (Å²) in [6.45, 7) is 4.96. The van der Waals surface area contributed by atoms with Crippen LogP contribution in [-0.4, -0.2) is 5.54 Å². The Bertz CT molecular complexity index is 2310. The van der Waals surface area contributed by atoms with E-state index in [1.807, 2.05) is 12.1 Å². The molecule has 7 aromatic carbocycles. The second-order valence-electron chi connectivity index (χ2n) is 13.6. The number of fused-ring (bicyclic) bond motifs is 3. The van der Waals surface area contributed by atoms with Gasteiger partial charge in [-0.15, -0.1) is 0 Å². The lowest BCUT2D eigenvalue weighted by Crippen LogP contribution is -2.54. The highest BCUT2D eigenvalue weighted by molar-refractivity contribution is 6.27. The van der Waals surface area contributed by atoms with Gasteiger partial charge in [0.25, 0.3) is 0 Å². The second-order valence-corrected chi connectivity index (χ2v) is 13.6. The van der Waals surface area contributed by atoms with Gasteiger partial charge in [0.05, 0.1) is 17.2 Å². The number of anilines is 2. The van der Waals surface area contributed by atoms with Gasteiger partial charge in [-0.1, -0.05) is 105 Å². The summed E-state index contributed by atoms with van der Waals surface area (Å²) >= 11 is 0. The average molecular weight is 579 g/mol. The molecule has 0 bridgehead atoms. The minimum atomic E-state index is -0.0309. The van der Waals surface area contributed by atoms with E-state index >= 15 is 0 Å². The van der Waals surface area contributed by atoms with E-state index in [9.17, 15) is 5.26 Å². The Balaban J connectivity index is 1.25. The number of benzene rings is 7. The molecule has 1 saturated carbocycles. The largest absolute Gasteiger partial charge is 0.334 e. The fraction of sp³-hybridized carbons (Fsp3) is 0.186. The fourth-order valence-corrected chi connectivity index (χ4v) is 8.91. The van der Waals surface area contributed by atoms with Gasteiger partial charge in [-0.2, -0.15) is 5.26 Å². The summed E-state index contributed by atoms with van der Waals surface area (Å²) in [5.41, 5.74) is 9.74. The molecule has 7 aromatic rings. The maximum Gasteiger partial charge on any atom is 0.0991 e. The minimum absolute atomic E-state index is 0.0267. The van der Waals surface area contributed by atoms with Crippen LogP contribution in [-0.2, 0) is 5.41 Å². The molecule has 2 nitrogen and oxygen atoms in total. The van der Waals surface area contributed by atoms with Crippen molar-refractivity contribution in [3.8, 4) is 28.3 Å². The van der Waals surface area contributed by atoms with E-state index in [0.717, 1.165) is 6.42 Å². The van der Waals surface area contributed by atoms with E-state index in [0.29, 0.717) is 5.56 Å².